The number of nitrogens with one attached hydrogen (secondary N) is 3. The second kappa shape index (κ2) is 13.1. The smallest absolute Gasteiger partial charge is 0.246 e. The average molecular weight is 541 g/mol. The molecule has 2 saturated carbocycles. The number of nitrogens with zero attached hydrogens (tertiary/aromatic N) is 5. The molecule has 4 rings (SSSR count). The Morgan fingerprint density at radius 3 is 2.52 bits per heavy atom. The third kappa shape index (κ3) is 8.05. The lowest BCUT2D eigenvalue weighted by molar-refractivity contribution is -0.135. The van der Waals surface area contributed by atoms with Crippen LogP contribution in [0.2, 0.25) is 0 Å². The monoisotopic (exact) mass is 540 g/mol. The number of carbonyl (C=O) groups is 2. The zero-order valence-corrected chi connectivity index (χ0v) is 23.4. The summed E-state index contributed by atoms with van der Waals surface area (Å²) >= 11 is 0. The molecule has 0 aliphatic heterocycles. The van der Waals surface area contributed by atoms with Crippen LogP contribution in [0.4, 0.5) is 17.5 Å². The molecular formula is C30H36N8O2. The van der Waals surface area contributed by atoms with Crippen LogP contribution in [-0.2, 0) is 9.59 Å². The molecule has 0 radical (unpaired) electrons. The number of benzene rings is 1. The van der Waals surface area contributed by atoms with Crippen LogP contribution >= 0.6 is 0 Å². The third-order valence-electron chi connectivity index (χ3n) is 6.91. The zero-order valence-electron chi connectivity index (χ0n) is 23.4. The van der Waals surface area contributed by atoms with Gasteiger partial charge < -0.3 is 25.8 Å². The van der Waals surface area contributed by atoms with E-state index in [1.54, 1.807) is 38.4 Å². The molecule has 2 aliphatic rings. The first-order valence-electron chi connectivity index (χ1n) is 13.5. The largest absolute Gasteiger partial charge is 0.366 e. The maximum absolute atomic E-state index is 12.7. The van der Waals surface area contributed by atoms with E-state index in [2.05, 4.69) is 43.8 Å². The third-order valence-corrected chi connectivity index (χ3v) is 6.91. The van der Waals surface area contributed by atoms with Crippen molar-refractivity contribution < 1.29 is 9.59 Å². The lowest BCUT2D eigenvalue weighted by Crippen LogP contribution is -2.51. The van der Waals surface area contributed by atoms with Crippen LogP contribution in [0.25, 0.3) is 0 Å². The number of carbonyl (C=O) groups excluding carboxylic acids is 2. The minimum absolute atomic E-state index is 0.0429. The first kappa shape index (κ1) is 28.6. The van der Waals surface area contributed by atoms with Gasteiger partial charge in [-0.3, -0.25) is 9.59 Å². The molecule has 10 heteroatoms. The molecule has 2 amide bonds. The Morgan fingerprint density at radius 1 is 1.15 bits per heavy atom. The number of aromatic nitrogens is 2. The van der Waals surface area contributed by atoms with Crippen molar-refractivity contribution in [3.05, 3.63) is 53.7 Å². The fourth-order valence-electron chi connectivity index (χ4n) is 4.03. The quantitative estimate of drug-likeness (QED) is 0.310. The van der Waals surface area contributed by atoms with Crippen LogP contribution in [0, 0.1) is 29.1 Å². The minimum Gasteiger partial charge on any atom is -0.366 e. The van der Waals surface area contributed by atoms with Crippen LogP contribution in [0.15, 0.2) is 42.6 Å². The van der Waals surface area contributed by atoms with E-state index in [4.69, 9.17) is 5.26 Å². The van der Waals surface area contributed by atoms with Crippen molar-refractivity contribution >= 4 is 29.3 Å². The standard InChI is InChI=1S/C30H36N8O2/c1-20(38(4)27(39)6-5-15-37(2)3)29(40)34-26-16-22(17-26)7-10-23-19-32-30(36-28(23)33-24-13-14-24)35-25-11-8-21(18-31)9-12-25/h5-6,8-9,11-12,19-20,22,24,26H,13-17H2,1-4H3,(H,34,40)(H2,32,33,35,36)/b6-5+/t20-,22-,26-/m0/s1. The minimum atomic E-state index is -0.564. The van der Waals surface area contributed by atoms with Crippen molar-refractivity contribution in [2.45, 2.75) is 50.7 Å². The summed E-state index contributed by atoms with van der Waals surface area (Å²) in [4.78, 5) is 37.5. The summed E-state index contributed by atoms with van der Waals surface area (Å²) in [5.74, 6) is 7.50. The number of anilines is 3. The number of likely N-dealkylation sites (N-methyl/N-ethyl adjacent to an activating group) is 2. The molecular weight excluding hydrogens is 504 g/mol. The van der Waals surface area contributed by atoms with Crippen molar-refractivity contribution in [3.8, 4) is 17.9 Å². The Morgan fingerprint density at radius 2 is 1.88 bits per heavy atom. The Hall–Kier alpha value is -4.41. The summed E-state index contributed by atoms with van der Waals surface area (Å²) in [6.45, 7) is 2.39. The molecule has 2 aromatic rings. The molecule has 10 nitrogen and oxygen atoms in total. The maximum Gasteiger partial charge on any atom is 0.246 e. The number of rotatable bonds is 10. The average Bonchev–Trinajstić information content (AvgIpc) is 3.74. The van der Waals surface area contributed by atoms with Crippen molar-refractivity contribution in [1.29, 1.82) is 5.26 Å². The van der Waals surface area contributed by atoms with Gasteiger partial charge in [0.25, 0.3) is 0 Å². The fraction of sp³-hybridized carbons (Fsp3) is 0.433. The van der Waals surface area contributed by atoms with Gasteiger partial charge in [0.05, 0.1) is 23.4 Å². The van der Waals surface area contributed by atoms with Gasteiger partial charge in [-0.1, -0.05) is 17.9 Å². The molecule has 2 fully saturated rings. The Labute approximate surface area is 235 Å². The first-order valence-corrected chi connectivity index (χ1v) is 13.5. The molecule has 1 atom stereocenters. The molecule has 0 bridgehead atoms. The van der Waals surface area contributed by atoms with Crippen LogP contribution in [0.1, 0.15) is 43.7 Å². The molecule has 1 aromatic carbocycles. The molecule has 0 saturated heterocycles. The molecule has 3 N–H and O–H groups in total. The van der Waals surface area contributed by atoms with Crippen LogP contribution < -0.4 is 16.0 Å². The van der Waals surface area contributed by atoms with Gasteiger partial charge in [-0.25, -0.2) is 4.98 Å². The van der Waals surface area contributed by atoms with Gasteiger partial charge in [0.15, 0.2) is 0 Å². The molecule has 0 spiro atoms. The Kier molecular flexibility index (Phi) is 9.36. The fourth-order valence-corrected chi connectivity index (χ4v) is 4.03. The van der Waals surface area contributed by atoms with E-state index < -0.39 is 6.04 Å². The molecule has 208 valence electrons. The predicted octanol–water partition coefficient (Wildman–Crippen LogP) is 2.88. The number of amides is 2. The Bertz CT molecular complexity index is 1340. The maximum atomic E-state index is 12.7. The highest BCUT2D eigenvalue weighted by atomic mass is 16.2. The van der Waals surface area contributed by atoms with E-state index in [-0.39, 0.29) is 23.8 Å². The van der Waals surface area contributed by atoms with Crippen LogP contribution in [0.5, 0.6) is 0 Å². The summed E-state index contributed by atoms with van der Waals surface area (Å²) < 4.78 is 0. The highest BCUT2D eigenvalue weighted by Gasteiger charge is 2.31. The van der Waals surface area contributed by atoms with Gasteiger partial charge in [-0.15, -0.1) is 0 Å². The summed E-state index contributed by atoms with van der Waals surface area (Å²) in [6.07, 6.45) is 8.73. The van der Waals surface area contributed by atoms with E-state index >= 15 is 0 Å². The van der Waals surface area contributed by atoms with E-state index in [0.29, 0.717) is 29.9 Å². The van der Waals surface area contributed by atoms with Crippen molar-refractivity contribution in [2.75, 3.05) is 38.3 Å². The molecule has 0 unspecified atom stereocenters. The summed E-state index contributed by atoms with van der Waals surface area (Å²) in [5, 5.41) is 18.6. The molecule has 1 heterocycles. The van der Waals surface area contributed by atoms with Gasteiger partial charge in [0.2, 0.25) is 17.8 Å². The van der Waals surface area contributed by atoms with Gasteiger partial charge in [-0.2, -0.15) is 10.2 Å². The lowest BCUT2D eigenvalue weighted by Gasteiger charge is -2.34. The number of hydrogen-bond donors (Lipinski definition) is 3. The lowest BCUT2D eigenvalue weighted by atomic mass is 9.80. The van der Waals surface area contributed by atoms with Gasteiger partial charge in [0, 0.05) is 43.4 Å². The topological polar surface area (TPSA) is 126 Å². The van der Waals surface area contributed by atoms with E-state index in [9.17, 15) is 9.59 Å². The van der Waals surface area contributed by atoms with Crippen LogP contribution in [0.3, 0.4) is 0 Å². The Balaban J connectivity index is 1.30. The zero-order chi connectivity index (χ0) is 28.6. The highest BCUT2D eigenvalue weighted by molar-refractivity contribution is 5.92. The first-order chi connectivity index (χ1) is 19.2. The summed E-state index contributed by atoms with van der Waals surface area (Å²) in [7, 11) is 5.50. The van der Waals surface area contributed by atoms with Crippen molar-refractivity contribution in [3.63, 3.8) is 0 Å². The summed E-state index contributed by atoms with van der Waals surface area (Å²) in [6, 6.07) is 9.10. The molecule has 1 aromatic heterocycles. The molecule has 2 aliphatic carbocycles. The SMILES string of the molecule is C[C@@H](C(=O)N[C@H]1C[C@H](C#Cc2cnc(Nc3ccc(C#N)cc3)nc2NC2CC2)C1)N(C)C(=O)/C=C/CN(C)C. The second-order valence-electron chi connectivity index (χ2n) is 10.6. The normalized spacial score (nSPS) is 18.6. The highest BCUT2D eigenvalue weighted by Crippen LogP contribution is 2.29. The van der Waals surface area contributed by atoms with E-state index in [1.165, 1.54) is 11.0 Å². The van der Waals surface area contributed by atoms with Crippen molar-refractivity contribution in [1.82, 2.24) is 25.1 Å². The number of nitriles is 1. The molecule has 40 heavy (non-hydrogen) atoms. The summed E-state index contributed by atoms with van der Waals surface area (Å²) in [5.41, 5.74) is 2.12. The van der Waals surface area contributed by atoms with Gasteiger partial charge >= 0.3 is 0 Å². The van der Waals surface area contributed by atoms with E-state index in [0.717, 1.165) is 36.9 Å². The van der Waals surface area contributed by atoms with Gasteiger partial charge in [-0.05, 0) is 71.0 Å². The second-order valence-corrected chi connectivity index (χ2v) is 10.6. The van der Waals surface area contributed by atoms with Gasteiger partial charge in [0.1, 0.15) is 11.9 Å². The number of hydrogen-bond acceptors (Lipinski definition) is 8. The van der Waals surface area contributed by atoms with E-state index in [1.807, 2.05) is 31.1 Å². The predicted molar refractivity (Wildman–Crippen MR) is 155 cm³/mol. The van der Waals surface area contributed by atoms with Crippen molar-refractivity contribution in [2.24, 2.45) is 5.92 Å². The van der Waals surface area contributed by atoms with Crippen LogP contribution in [-0.4, -0.2) is 77.4 Å².